The van der Waals surface area contributed by atoms with Crippen LogP contribution in [0.1, 0.15) is 27.0 Å². The van der Waals surface area contributed by atoms with Gasteiger partial charge in [-0.1, -0.05) is 22.0 Å². The number of hydrogen-bond acceptors (Lipinski definition) is 7. The van der Waals surface area contributed by atoms with Crippen molar-refractivity contribution in [3.63, 3.8) is 0 Å². The number of benzene rings is 2. The normalized spacial score (nSPS) is 13.5. The van der Waals surface area contributed by atoms with Gasteiger partial charge in [0.05, 0.1) is 30.2 Å². The van der Waals surface area contributed by atoms with E-state index in [-0.39, 0.29) is 34.5 Å². The third kappa shape index (κ3) is 5.87. The molecule has 4 N–H and O–H groups in total. The Morgan fingerprint density at radius 1 is 1.19 bits per heavy atom. The molecule has 0 saturated heterocycles. The van der Waals surface area contributed by atoms with Gasteiger partial charge in [-0.25, -0.2) is 4.98 Å². The Bertz CT molecular complexity index is 1430. The van der Waals surface area contributed by atoms with E-state index in [9.17, 15) is 32.3 Å². The minimum absolute atomic E-state index is 0.155. The molecule has 1 amide bonds. The molecule has 1 aliphatic rings. The zero-order chi connectivity index (χ0) is 27.1. The Kier molecular flexibility index (Phi) is 7.21. The minimum Gasteiger partial charge on any atom is -0.495 e. The minimum atomic E-state index is -4.79. The van der Waals surface area contributed by atoms with E-state index in [2.05, 4.69) is 36.5 Å². The van der Waals surface area contributed by atoms with Crippen LogP contribution in [0.4, 0.5) is 36.3 Å². The van der Waals surface area contributed by atoms with Crippen LogP contribution in [0, 0.1) is 0 Å². The Hall–Kier alpha value is -3.19. The molecule has 1 aliphatic heterocycles. The van der Waals surface area contributed by atoms with Gasteiger partial charge in [0, 0.05) is 29.8 Å². The number of aromatic nitrogens is 2. The van der Waals surface area contributed by atoms with E-state index >= 15 is 0 Å². The first-order chi connectivity index (χ1) is 17.3. The van der Waals surface area contributed by atoms with Crippen LogP contribution in [-0.2, 0) is 23.4 Å². The summed E-state index contributed by atoms with van der Waals surface area (Å²) in [4.78, 5) is 40.3. The summed E-state index contributed by atoms with van der Waals surface area (Å²) in [6, 6.07) is 7.37. The van der Waals surface area contributed by atoms with Crippen molar-refractivity contribution in [3.05, 3.63) is 63.3 Å². The van der Waals surface area contributed by atoms with Crippen molar-refractivity contribution in [2.24, 2.45) is 0 Å². The number of halogens is 4. The van der Waals surface area contributed by atoms with Gasteiger partial charge >= 0.3 is 13.8 Å². The lowest BCUT2D eigenvalue weighted by Gasteiger charge is -2.17. The van der Waals surface area contributed by atoms with E-state index in [1.54, 1.807) is 13.1 Å². The number of alkyl halides is 3. The molecule has 1 aromatic heterocycles. The molecule has 0 fully saturated rings. The highest BCUT2D eigenvalue weighted by Crippen LogP contribution is 2.42. The number of nitrogens with zero attached hydrogens (tertiary/aromatic N) is 3. The maximum Gasteiger partial charge on any atom is 0.421 e. The molecule has 37 heavy (non-hydrogen) atoms. The summed E-state index contributed by atoms with van der Waals surface area (Å²) in [5.41, 5.74) is 0.438. The lowest BCUT2D eigenvalue weighted by atomic mass is 10.1. The van der Waals surface area contributed by atoms with E-state index in [4.69, 9.17) is 4.74 Å². The predicted molar refractivity (Wildman–Crippen MR) is 132 cm³/mol. The van der Waals surface area contributed by atoms with Gasteiger partial charge in [0.15, 0.2) is 0 Å². The average Bonchev–Trinajstić information content (AvgIpc) is 3.10. The second-order valence-electron chi connectivity index (χ2n) is 8.17. The highest BCUT2D eigenvalue weighted by Gasteiger charge is 2.36. The van der Waals surface area contributed by atoms with Crippen molar-refractivity contribution >= 4 is 52.6 Å². The smallest absolute Gasteiger partial charge is 0.421 e. The average molecular weight is 602 g/mol. The lowest BCUT2D eigenvalue weighted by Crippen LogP contribution is -2.18. The van der Waals surface area contributed by atoms with Crippen LogP contribution < -0.4 is 15.4 Å². The van der Waals surface area contributed by atoms with Crippen molar-refractivity contribution in [2.75, 3.05) is 24.8 Å². The van der Waals surface area contributed by atoms with Crippen molar-refractivity contribution < 1.29 is 37.1 Å². The molecule has 10 nitrogen and oxygen atoms in total. The summed E-state index contributed by atoms with van der Waals surface area (Å²) >= 11 is 3.37. The Morgan fingerprint density at radius 2 is 1.89 bits per heavy atom. The molecule has 0 saturated carbocycles. The fourth-order valence-corrected chi connectivity index (χ4v) is 4.92. The molecule has 0 radical (unpaired) electrons. The SMILES string of the molecule is COc1cc(CP(=O)(O)O)ccc1Nc1ncc(C(F)(F)F)c(Nc2ccc(Br)c3c2C(=O)N(C)C3)n1. The molecule has 2 heterocycles. The number of carbonyl (C=O) groups is 1. The first-order valence-corrected chi connectivity index (χ1v) is 13.1. The number of methoxy groups -OCH3 is 1. The summed E-state index contributed by atoms with van der Waals surface area (Å²) < 4.78 is 58.5. The summed E-state index contributed by atoms with van der Waals surface area (Å²) in [5, 5.41) is 5.41. The van der Waals surface area contributed by atoms with E-state index in [0.717, 1.165) is 0 Å². The standard InChI is InChI=1S/C22H20BrF3N5O5P/c1-31-9-12-14(23)4-6-16(18(12)20(31)32)28-19-13(22(24,25)26)8-27-21(30-19)29-15-5-3-11(7-17(15)36-2)10-37(33,34)35/h3-8H,9-10H2,1-2H3,(H2,33,34,35)(H2,27,28,29,30). The Labute approximate surface area is 217 Å². The van der Waals surface area contributed by atoms with Gasteiger partial charge in [-0.3, -0.25) is 9.36 Å². The number of nitrogens with one attached hydrogen (secondary N) is 2. The number of amides is 1. The van der Waals surface area contributed by atoms with E-state index in [1.807, 2.05) is 0 Å². The fraction of sp³-hybridized carbons (Fsp3) is 0.227. The molecule has 2 aromatic carbocycles. The molecule has 0 unspecified atom stereocenters. The van der Waals surface area contributed by atoms with Gasteiger partial charge in [0.1, 0.15) is 17.1 Å². The van der Waals surface area contributed by atoms with Crippen molar-refractivity contribution in [3.8, 4) is 5.75 Å². The number of hydrogen-bond donors (Lipinski definition) is 4. The third-order valence-corrected chi connectivity index (χ3v) is 6.98. The van der Waals surface area contributed by atoms with Crippen LogP contribution in [0.2, 0.25) is 0 Å². The zero-order valence-electron chi connectivity index (χ0n) is 19.3. The highest BCUT2D eigenvalue weighted by atomic mass is 79.9. The number of fused-ring (bicyclic) bond motifs is 1. The molecule has 0 bridgehead atoms. The van der Waals surface area contributed by atoms with Gasteiger partial charge in [-0.2, -0.15) is 18.2 Å². The van der Waals surface area contributed by atoms with Crippen molar-refractivity contribution in [1.82, 2.24) is 14.9 Å². The molecule has 196 valence electrons. The summed E-state index contributed by atoms with van der Waals surface area (Å²) in [6.45, 7) is 0.296. The molecule has 0 spiro atoms. The first-order valence-electron chi connectivity index (χ1n) is 10.5. The van der Waals surface area contributed by atoms with Gasteiger partial charge in [0.25, 0.3) is 5.91 Å². The van der Waals surface area contributed by atoms with Crippen LogP contribution in [0.5, 0.6) is 5.75 Å². The Morgan fingerprint density at radius 3 is 2.54 bits per heavy atom. The molecular formula is C22H20BrF3N5O5P. The maximum absolute atomic E-state index is 13.8. The molecule has 3 aromatic rings. The van der Waals surface area contributed by atoms with Crippen LogP contribution in [-0.4, -0.2) is 44.7 Å². The number of rotatable bonds is 7. The molecular weight excluding hydrogens is 582 g/mol. The second kappa shape index (κ2) is 9.93. The molecule has 15 heteroatoms. The van der Waals surface area contributed by atoms with Gasteiger partial charge < -0.3 is 30.1 Å². The molecule has 0 aliphatic carbocycles. The largest absolute Gasteiger partial charge is 0.495 e. The van der Waals surface area contributed by atoms with Gasteiger partial charge in [0.2, 0.25) is 5.95 Å². The monoisotopic (exact) mass is 601 g/mol. The van der Waals surface area contributed by atoms with Crippen LogP contribution in [0.3, 0.4) is 0 Å². The van der Waals surface area contributed by atoms with E-state index in [1.165, 1.54) is 36.3 Å². The van der Waals surface area contributed by atoms with E-state index < -0.39 is 31.3 Å². The van der Waals surface area contributed by atoms with Crippen molar-refractivity contribution in [2.45, 2.75) is 18.9 Å². The number of anilines is 4. The highest BCUT2D eigenvalue weighted by molar-refractivity contribution is 9.10. The molecule has 0 atom stereocenters. The van der Waals surface area contributed by atoms with Crippen molar-refractivity contribution in [1.29, 1.82) is 0 Å². The summed E-state index contributed by atoms with van der Waals surface area (Å²) in [7, 11) is -1.41. The summed E-state index contributed by atoms with van der Waals surface area (Å²) in [6.07, 6.45) is -4.69. The zero-order valence-corrected chi connectivity index (χ0v) is 21.8. The van der Waals surface area contributed by atoms with Crippen LogP contribution >= 0.6 is 23.5 Å². The molecule has 4 rings (SSSR count). The lowest BCUT2D eigenvalue weighted by molar-refractivity contribution is -0.137. The van der Waals surface area contributed by atoms with Crippen LogP contribution in [0.15, 0.2) is 41.0 Å². The number of ether oxygens (including phenoxy) is 1. The maximum atomic E-state index is 13.8. The summed E-state index contributed by atoms with van der Waals surface area (Å²) in [5.74, 6) is -0.967. The van der Waals surface area contributed by atoms with Crippen LogP contribution in [0.25, 0.3) is 0 Å². The third-order valence-electron chi connectivity index (χ3n) is 5.46. The fourth-order valence-electron chi connectivity index (χ4n) is 3.79. The first kappa shape index (κ1) is 26.9. The number of carbonyl (C=O) groups excluding carboxylic acids is 1. The van der Waals surface area contributed by atoms with Gasteiger partial charge in [-0.15, -0.1) is 0 Å². The Balaban J connectivity index is 1.71. The predicted octanol–water partition coefficient (Wildman–Crippen LogP) is 5.02. The van der Waals surface area contributed by atoms with E-state index in [0.29, 0.717) is 28.3 Å². The van der Waals surface area contributed by atoms with Gasteiger partial charge in [-0.05, 0) is 29.8 Å². The quantitative estimate of drug-likeness (QED) is 0.275. The second-order valence-corrected chi connectivity index (χ2v) is 10.7. The topological polar surface area (TPSA) is 137 Å².